The lowest BCUT2D eigenvalue weighted by Gasteiger charge is -1.97. The summed E-state index contributed by atoms with van der Waals surface area (Å²) in [6, 6.07) is 0. The van der Waals surface area contributed by atoms with Crippen molar-refractivity contribution < 1.29 is 0 Å². The summed E-state index contributed by atoms with van der Waals surface area (Å²) in [6.07, 6.45) is 1.15. The molecule has 0 rings (SSSR count). The Bertz CT molecular complexity index is 35.4. The zero-order valence-electron chi connectivity index (χ0n) is 4.93. The molecule has 50 valence electrons. The molecule has 0 aliphatic heterocycles. The molecule has 0 aromatic heterocycles. The molecule has 0 fully saturated rings. The zero-order valence-corrected chi connectivity index (χ0v) is 6.72. The second-order valence-corrected chi connectivity index (χ2v) is 2.45. The van der Waals surface area contributed by atoms with Crippen LogP contribution in [-0.4, -0.2) is 24.6 Å². The first-order valence-electron chi connectivity index (χ1n) is 2.84. The molecule has 8 heavy (non-hydrogen) atoms. The highest BCUT2D eigenvalue weighted by atomic mass is 32.1. The van der Waals surface area contributed by atoms with Crippen molar-refractivity contribution in [1.29, 1.82) is 0 Å². The average Bonchev–Trinajstić information content (AvgIpc) is 1.81. The Morgan fingerprint density at radius 1 is 1.00 bits per heavy atom. The van der Waals surface area contributed by atoms with Gasteiger partial charge in [-0.2, -0.15) is 25.3 Å². The lowest BCUT2D eigenvalue weighted by molar-refractivity contribution is 0.713. The molecule has 0 amide bonds. The highest BCUT2D eigenvalue weighted by molar-refractivity contribution is 7.80. The van der Waals surface area contributed by atoms with Crippen LogP contribution in [0, 0.1) is 0 Å². The first kappa shape index (κ1) is 8.66. The van der Waals surface area contributed by atoms with E-state index in [1.807, 2.05) is 0 Å². The maximum Gasteiger partial charge on any atom is 0.00397 e. The molecule has 0 unspecified atom stereocenters. The number of nitrogens with one attached hydrogen (secondary N) is 1. The lowest BCUT2D eigenvalue weighted by atomic mass is 10.5. The van der Waals surface area contributed by atoms with Crippen LogP contribution in [0.4, 0.5) is 0 Å². The molecule has 0 atom stereocenters. The molecule has 1 nitrogen and oxygen atoms in total. The number of hydrogen-bond donors (Lipinski definition) is 3. The molecule has 1 N–H and O–H groups in total. The van der Waals surface area contributed by atoms with Crippen LogP contribution in [0.3, 0.4) is 0 Å². The smallest absolute Gasteiger partial charge is 0.00397 e. The van der Waals surface area contributed by atoms with Gasteiger partial charge in [-0.1, -0.05) is 0 Å². The minimum absolute atomic E-state index is 0.923. The Morgan fingerprint density at radius 2 is 1.75 bits per heavy atom. The van der Waals surface area contributed by atoms with Crippen LogP contribution in [0.2, 0.25) is 0 Å². The van der Waals surface area contributed by atoms with E-state index in [0.717, 1.165) is 31.0 Å². The van der Waals surface area contributed by atoms with E-state index in [2.05, 4.69) is 30.6 Å². The second-order valence-electron chi connectivity index (χ2n) is 1.55. The molecule has 0 aromatic carbocycles. The molecule has 0 heterocycles. The van der Waals surface area contributed by atoms with Gasteiger partial charge in [-0.25, -0.2) is 0 Å². The number of hydrogen-bond acceptors (Lipinski definition) is 3. The quantitative estimate of drug-likeness (QED) is 0.390. The van der Waals surface area contributed by atoms with E-state index in [0.29, 0.717) is 0 Å². The maximum absolute atomic E-state index is 4.06. The first-order chi connectivity index (χ1) is 3.91. The molecule has 0 saturated carbocycles. The van der Waals surface area contributed by atoms with Crippen molar-refractivity contribution in [3.05, 3.63) is 0 Å². The van der Waals surface area contributed by atoms with Gasteiger partial charge >= 0.3 is 0 Å². The zero-order chi connectivity index (χ0) is 6.24. The summed E-state index contributed by atoms with van der Waals surface area (Å²) >= 11 is 8.10. The molecule has 0 bridgehead atoms. The van der Waals surface area contributed by atoms with Gasteiger partial charge in [-0.3, -0.25) is 0 Å². The van der Waals surface area contributed by atoms with Gasteiger partial charge in [0.1, 0.15) is 0 Å². The number of rotatable bonds is 5. The molecule has 0 aliphatic rings. The average molecular weight is 151 g/mol. The van der Waals surface area contributed by atoms with Gasteiger partial charge in [-0.05, 0) is 18.7 Å². The second kappa shape index (κ2) is 7.66. The third kappa shape index (κ3) is 6.66. The van der Waals surface area contributed by atoms with Gasteiger partial charge in [-0.15, -0.1) is 0 Å². The van der Waals surface area contributed by atoms with Gasteiger partial charge in [0.05, 0.1) is 0 Å². The lowest BCUT2D eigenvalue weighted by Crippen LogP contribution is -2.17. The summed E-state index contributed by atoms with van der Waals surface area (Å²) in [5, 5.41) is 3.21. The van der Waals surface area contributed by atoms with E-state index in [-0.39, 0.29) is 0 Å². The predicted molar refractivity (Wildman–Crippen MR) is 45.2 cm³/mol. The van der Waals surface area contributed by atoms with Gasteiger partial charge < -0.3 is 5.32 Å². The molecular weight excluding hydrogens is 138 g/mol. The molecule has 3 heteroatoms. The minimum atomic E-state index is 0.923. The fraction of sp³-hybridized carbons (Fsp3) is 1.00. The van der Waals surface area contributed by atoms with E-state index >= 15 is 0 Å². The first-order valence-corrected chi connectivity index (χ1v) is 4.10. The van der Waals surface area contributed by atoms with Crippen molar-refractivity contribution in [2.75, 3.05) is 24.6 Å². The van der Waals surface area contributed by atoms with Crippen molar-refractivity contribution in [1.82, 2.24) is 5.32 Å². The van der Waals surface area contributed by atoms with Gasteiger partial charge in [0.15, 0.2) is 0 Å². The number of thiol groups is 2. The van der Waals surface area contributed by atoms with Crippen LogP contribution >= 0.6 is 25.3 Å². The van der Waals surface area contributed by atoms with Crippen LogP contribution in [0.25, 0.3) is 0 Å². The molecule has 0 aromatic rings. The minimum Gasteiger partial charge on any atom is -0.316 e. The summed E-state index contributed by atoms with van der Waals surface area (Å²) in [6.45, 7) is 2.08. The van der Waals surface area contributed by atoms with Crippen LogP contribution in [0.1, 0.15) is 6.42 Å². The van der Waals surface area contributed by atoms with Gasteiger partial charge in [0.2, 0.25) is 0 Å². The van der Waals surface area contributed by atoms with Crippen LogP contribution in [-0.2, 0) is 0 Å². The molecule has 0 radical (unpaired) electrons. The van der Waals surface area contributed by atoms with Crippen LogP contribution in [0.5, 0.6) is 0 Å². The Balaban J connectivity index is 2.53. The topological polar surface area (TPSA) is 12.0 Å². The molecule has 0 saturated heterocycles. The predicted octanol–water partition coefficient (Wildman–Crippen LogP) is 0.826. The normalized spacial score (nSPS) is 9.75. The largest absolute Gasteiger partial charge is 0.316 e. The Labute approximate surface area is 62.1 Å². The fourth-order valence-corrected chi connectivity index (χ4v) is 0.724. The third-order valence-corrected chi connectivity index (χ3v) is 1.34. The van der Waals surface area contributed by atoms with Crippen molar-refractivity contribution in [3.8, 4) is 0 Å². The van der Waals surface area contributed by atoms with Gasteiger partial charge in [0, 0.05) is 12.3 Å². The monoisotopic (exact) mass is 151 g/mol. The summed E-state index contributed by atoms with van der Waals surface area (Å²) in [5.74, 6) is 1.89. The summed E-state index contributed by atoms with van der Waals surface area (Å²) < 4.78 is 0. The van der Waals surface area contributed by atoms with Gasteiger partial charge in [0.25, 0.3) is 0 Å². The van der Waals surface area contributed by atoms with Crippen LogP contribution in [0.15, 0.2) is 0 Å². The standard InChI is InChI=1S/C5H13NS2/c7-4-1-2-6-3-5-8/h6-8H,1-5H2. The van der Waals surface area contributed by atoms with Crippen LogP contribution < -0.4 is 5.32 Å². The van der Waals surface area contributed by atoms with E-state index in [1.54, 1.807) is 0 Å². The van der Waals surface area contributed by atoms with E-state index in [1.165, 1.54) is 0 Å². The summed E-state index contributed by atoms with van der Waals surface area (Å²) in [7, 11) is 0. The van der Waals surface area contributed by atoms with Crippen molar-refractivity contribution in [2.24, 2.45) is 0 Å². The Hall–Kier alpha value is 0.660. The highest BCUT2D eigenvalue weighted by Gasteiger charge is 1.81. The van der Waals surface area contributed by atoms with Crippen molar-refractivity contribution in [2.45, 2.75) is 6.42 Å². The summed E-state index contributed by atoms with van der Waals surface area (Å²) in [4.78, 5) is 0. The van der Waals surface area contributed by atoms with Crippen molar-refractivity contribution in [3.63, 3.8) is 0 Å². The van der Waals surface area contributed by atoms with E-state index in [4.69, 9.17) is 0 Å². The van der Waals surface area contributed by atoms with Crippen molar-refractivity contribution >= 4 is 25.3 Å². The maximum atomic E-state index is 4.06. The fourth-order valence-electron chi connectivity index (χ4n) is 0.408. The SMILES string of the molecule is SCCCNCCS. The Kier molecular flexibility index (Phi) is 8.29. The highest BCUT2D eigenvalue weighted by Crippen LogP contribution is 1.79. The van der Waals surface area contributed by atoms with E-state index < -0.39 is 0 Å². The summed E-state index contributed by atoms with van der Waals surface area (Å²) in [5.41, 5.74) is 0. The molecular formula is C5H13NS2. The Morgan fingerprint density at radius 3 is 2.25 bits per heavy atom. The van der Waals surface area contributed by atoms with E-state index in [9.17, 15) is 0 Å². The molecule has 0 aliphatic carbocycles. The third-order valence-electron chi connectivity index (χ3n) is 0.800. The molecule has 0 spiro atoms.